The van der Waals surface area contributed by atoms with Gasteiger partial charge in [-0.05, 0) is 32.9 Å². The fraction of sp³-hybridized carbons (Fsp3) is 0.688. The third-order valence-electron chi connectivity index (χ3n) is 5.23. The van der Waals surface area contributed by atoms with Gasteiger partial charge >= 0.3 is 0 Å². The summed E-state index contributed by atoms with van der Waals surface area (Å²) in [6.45, 7) is 9.02. The van der Waals surface area contributed by atoms with E-state index in [-0.39, 0.29) is 0 Å². The van der Waals surface area contributed by atoms with E-state index in [9.17, 15) is 0 Å². The van der Waals surface area contributed by atoms with E-state index in [4.69, 9.17) is 0 Å². The summed E-state index contributed by atoms with van der Waals surface area (Å²) in [6.07, 6.45) is 4.14. The topological polar surface area (TPSA) is 52.8 Å². The number of hydrogen-bond donors (Lipinski definition) is 0. The van der Waals surface area contributed by atoms with Crippen LogP contribution in [-0.2, 0) is 0 Å². The number of piperazine rings is 1. The minimum absolute atomic E-state index is 0.733. The van der Waals surface area contributed by atoms with Gasteiger partial charge in [0.15, 0.2) is 0 Å². The maximum atomic E-state index is 4.44. The lowest BCUT2D eigenvalue weighted by molar-refractivity contribution is 0.0982. The third kappa shape index (κ3) is 2.90. The van der Waals surface area contributed by atoms with E-state index in [1.165, 1.54) is 44.7 Å². The Morgan fingerprint density at radius 3 is 2.52 bits per heavy atom. The molecule has 0 atom stereocenters. The van der Waals surface area contributed by atoms with Crippen molar-refractivity contribution in [2.24, 2.45) is 0 Å². The number of likely N-dealkylation sites (N-methyl/N-ethyl adjacent to an activating group) is 1. The highest BCUT2D eigenvalue weighted by atomic mass is 15.4. The first-order chi connectivity index (χ1) is 11.2. The van der Waals surface area contributed by atoms with Crippen molar-refractivity contribution < 1.29 is 0 Å². The van der Waals surface area contributed by atoms with Gasteiger partial charge in [0.2, 0.25) is 5.65 Å². The van der Waals surface area contributed by atoms with Gasteiger partial charge in [-0.3, -0.25) is 4.90 Å². The number of nitrogens with zero attached hydrogens (tertiary/aromatic N) is 7. The molecular weight excluding hydrogens is 290 g/mol. The second-order valence-corrected chi connectivity index (χ2v) is 6.83. The molecule has 124 valence electrons. The van der Waals surface area contributed by atoms with E-state index < -0.39 is 0 Å². The van der Waals surface area contributed by atoms with Crippen LogP contribution in [0.5, 0.6) is 0 Å². The Hall–Kier alpha value is -1.73. The monoisotopic (exact) mass is 315 g/mol. The molecule has 0 unspecified atom stereocenters. The second kappa shape index (κ2) is 6.05. The largest absolute Gasteiger partial charge is 0.368 e. The number of anilines is 1. The van der Waals surface area contributed by atoms with Crippen LogP contribution in [0, 0.1) is 6.92 Å². The van der Waals surface area contributed by atoms with E-state index in [0.29, 0.717) is 0 Å². The van der Waals surface area contributed by atoms with Crippen LogP contribution in [0.25, 0.3) is 5.65 Å². The Kier molecular flexibility index (Phi) is 3.90. The standard InChI is InChI=1S/C16H25N7/c1-13-11-15(16-18-17-12-23(16)19-13)22-5-3-14(4-6-22)21-9-7-20(2)8-10-21/h11-12,14H,3-10H2,1-2H3. The number of fused-ring (bicyclic) bond motifs is 1. The molecule has 0 radical (unpaired) electrons. The fourth-order valence-electron chi connectivity index (χ4n) is 3.82. The first-order valence-corrected chi connectivity index (χ1v) is 8.56. The highest BCUT2D eigenvalue weighted by Gasteiger charge is 2.27. The van der Waals surface area contributed by atoms with Crippen LogP contribution in [0.2, 0.25) is 0 Å². The Bertz CT molecular complexity index is 666. The molecule has 0 aromatic carbocycles. The summed E-state index contributed by atoms with van der Waals surface area (Å²) in [5.41, 5.74) is 3.05. The molecule has 2 fully saturated rings. The lowest BCUT2D eigenvalue weighted by Crippen LogP contribution is -2.52. The van der Waals surface area contributed by atoms with Gasteiger partial charge < -0.3 is 9.80 Å². The van der Waals surface area contributed by atoms with Crippen molar-refractivity contribution in [3.63, 3.8) is 0 Å². The number of hydrogen-bond acceptors (Lipinski definition) is 6. The second-order valence-electron chi connectivity index (χ2n) is 6.83. The molecule has 0 saturated carbocycles. The molecule has 4 heterocycles. The molecule has 0 N–H and O–H groups in total. The zero-order chi connectivity index (χ0) is 15.8. The van der Waals surface area contributed by atoms with Gasteiger partial charge in [-0.25, -0.2) is 0 Å². The minimum Gasteiger partial charge on any atom is -0.368 e. The van der Waals surface area contributed by atoms with Crippen LogP contribution >= 0.6 is 0 Å². The predicted octanol–water partition coefficient (Wildman–Crippen LogP) is 0.649. The summed E-state index contributed by atoms with van der Waals surface area (Å²) < 4.78 is 1.79. The van der Waals surface area contributed by atoms with Gasteiger partial charge in [-0.2, -0.15) is 9.61 Å². The highest BCUT2D eigenvalue weighted by molar-refractivity contribution is 5.68. The molecule has 23 heavy (non-hydrogen) atoms. The Morgan fingerprint density at radius 2 is 1.78 bits per heavy atom. The minimum atomic E-state index is 0.733. The summed E-state index contributed by atoms with van der Waals surface area (Å²) in [5.74, 6) is 0. The van der Waals surface area contributed by atoms with E-state index in [1.807, 2.05) is 6.92 Å². The average molecular weight is 315 g/mol. The molecule has 0 spiro atoms. The van der Waals surface area contributed by atoms with Gasteiger partial charge in [-0.1, -0.05) is 0 Å². The summed E-state index contributed by atoms with van der Waals surface area (Å²) in [4.78, 5) is 7.56. The molecule has 2 aromatic rings. The molecule has 2 aliphatic heterocycles. The lowest BCUT2D eigenvalue weighted by atomic mass is 10.0. The van der Waals surface area contributed by atoms with Crippen LogP contribution < -0.4 is 4.90 Å². The Labute approximate surface area is 136 Å². The maximum Gasteiger partial charge on any atom is 0.200 e. The quantitative estimate of drug-likeness (QED) is 0.811. The number of piperidine rings is 1. The SMILES string of the molecule is Cc1cc(N2CCC(N3CCN(C)CC3)CC2)c2nncn2n1. The molecule has 2 saturated heterocycles. The number of aryl methyl sites for hydroxylation is 1. The van der Waals surface area contributed by atoms with Gasteiger partial charge in [0.05, 0.1) is 11.4 Å². The van der Waals surface area contributed by atoms with Crippen LogP contribution in [0.4, 0.5) is 5.69 Å². The summed E-state index contributed by atoms with van der Waals surface area (Å²) in [7, 11) is 2.22. The molecule has 4 rings (SSSR count). The van der Waals surface area contributed by atoms with Gasteiger partial charge in [0, 0.05) is 45.3 Å². The van der Waals surface area contributed by atoms with Gasteiger partial charge in [0.1, 0.15) is 6.33 Å². The van der Waals surface area contributed by atoms with Gasteiger partial charge in [-0.15, -0.1) is 10.2 Å². The molecule has 7 heteroatoms. The molecule has 7 nitrogen and oxygen atoms in total. The fourth-order valence-corrected chi connectivity index (χ4v) is 3.82. The van der Waals surface area contributed by atoms with Crippen molar-refractivity contribution in [2.45, 2.75) is 25.8 Å². The molecule has 0 aliphatic carbocycles. The van der Waals surface area contributed by atoms with E-state index >= 15 is 0 Å². The number of aromatic nitrogens is 4. The smallest absolute Gasteiger partial charge is 0.200 e. The first-order valence-electron chi connectivity index (χ1n) is 8.56. The van der Waals surface area contributed by atoms with Crippen LogP contribution in [0.15, 0.2) is 12.4 Å². The zero-order valence-electron chi connectivity index (χ0n) is 14.0. The predicted molar refractivity (Wildman–Crippen MR) is 89.8 cm³/mol. The van der Waals surface area contributed by atoms with Crippen molar-refractivity contribution in [3.05, 3.63) is 18.1 Å². The normalized spacial score (nSPS) is 22.1. The third-order valence-corrected chi connectivity index (χ3v) is 5.23. The van der Waals surface area contributed by atoms with Crippen molar-refractivity contribution in [1.29, 1.82) is 0 Å². The molecule has 0 amide bonds. The van der Waals surface area contributed by atoms with E-state index in [1.54, 1.807) is 10.8 Å². The molecule has 2 aliphatic rings. The maximum absolute atomic E-state index is 4.44. The van der Waals surface area contributed by atoms with E-state index in [2.05, 4.69) is 43.1 Å². The Morgan fingerprint density at radius 1 is 1.04 bits per heavy atom. The Balaban J connectivity index is 1.45. The summed E-state index contributed by atoms with van der Waals surface area (Å²) in [6, 6.07) is 2.87. The van der Waals surface area contributed by atoms with Crippen LogP contribution in [0.3, 0.4) is 0 Å². The van der Waals surface area contributed by atoms with Crippen molar-refractivity contribution in [1.82, 2.24) is 29.6 Å². The van der Waals surface area contributed by atoms with Crippen molar-refractivity contribution >= 4 is 11.3 Å². The van der Waals surface area contributed by atoms with Gasteiger partial charge in [0.25, 0.3) is 0 Å². The average Bonchev–Trinajstić information content (AvgIpc) is 3.03. The van der Waals surface area contributed by atoms with Crippen LogP contribution in [0.1, 0.15) is 18.5 Å². The zero-order valence-corrected chi connectivity index (χ0v) is 14.0. The number of rotatable bonds is 2. The van der Waals surface area contributed by atoms with E-state index in [0.717, 1.165) is 30.5 Å². The summed E-state index contributed by atoms with van der Waals surface area (Å²) in [5, 5.41) is 12.7. The summed E-state index contributed by atoms with van der Waals surface area (Å²) >= 11 is 0. The van der Waals surface area contributed by atoms with Crippen LogP contribution in [-0.4, -0.2) is 82.0 Å². The van der Waals surface area contributed by atoms with Crippen molar-refractivity contribution in [2.75, 3.05) is 51.2 Å². The van der Waals surface area contributed by atoms with Crippen molar-refractivity contribution in [3.8, 4) is 0 Å². The molecular formula is C16H25N7. The molecule has 2 aromatic heterocycles. The molecule has 0 bridgehead atoms. The lowest BCUT2D eigenvalue weighted by Gasteiger charge is -2.42. The first kappa shape index (κ1) is 14.8. The highest BCUT2D eigenvalue weighted by Crippen LogP contribution is 2.26.